The van der Waals surface area contributed by atoms with Crippen molar-refractivity contribution in [3.8, 4) is 0 Å². The smallest absolute Gasteiger partial charge is 0.303 e. The molecule has 0 aromatic carbocycles. The van der Waals surface area contributed by atoms with Crippen molar-refractivity contribution in [2.45, 2.75) is 103 Å². The van der Waals surface area contributed by atoms with E-state index < -0.39 is 12.0 Å². The van der Waals surface area contributed by atoms with Crippen LogP contribution >= 0.6 is 0 Å². The van der Waals surface area contributed by atoms with Crippen LogP contribution in [0.15, 0.2) is 12.2 Å². The van der Waals surface area contributed by atoms with Gasteiger partial charge in [-0.2, -0.15) is 0 Å². The van der Waals surface area contributed by atoms with E-state index in [1.54, 1.807) is 6.08 Å². The number of nitrogens with zero attached hydrogens (tertiary/aromatic N) is 1. The highest BCUT2D eigenvalue weighted by Crippen LogP contribution is 2.12. The second-order valence-electron chi connectivity index (χ2n) is 6.54. The van der Waals surface area contributed by atoms with Gasteiger partial charge in [-0.05, 0) is 31.8 Å². The van der Waals surface area contributed by atoms with E-state index >= 15 is 0 Å². The molecule has 0 saturated carbocycles. The molecular weight excluding hydrogens is 306 g/mol. The number of unbranched alkanes of at least 4 members (excludes halogenated alkanes) is 10. The van der Waals surface area contributed by atoms with Gasteiger partial charge in [0.1, 0.15) is 0 Å². The van der Waals surface area contributed by atoms with Gasteiger partial charge in [-0.25, -0.2) is 0 Å². The van der Waals surface area contributed by atoms with Crippen molar-refractivity contribution in [1.29, 1.82) is 0 Å². The van der Waals surface area contributed by atoms with Gasteiger partial charge in [-0.15, -0.1) is 0 Å². The van der Waals surface area contributed by atoms with Gasteiger partial charge in [0.2, 0.25) is 6.04 Å². The van der Waals surface area contributed by atoms with E-state index in [0.717, 1.165) is 32.1 Å². The average molecular weight is 341 g/mol. The van der Waals surface area contributed by atoms with Gasteiger partial charge in [-0.1, -0.05) is 64.4 Å². The number of allylic oxidation sites excluding steroid dienone is 1. The summed E-state index contributed by atoms with van der Waals surface area (Å²) in [4.78, 5) is 21.2. The van der Waals surface area contributed by atoms with Crippen molar-refractivity contribution in [3.63, 3.8) is 0 Å². The second kappa shape index (κ2) is 16.5. The van der Waals surface area contributed by atoms with Gasteiger partial charge in [0, 0.05) is 17.8 Å². The molecule has 0 rings (SSSR count). The highest BCUT2D eigenvalue weighted by atomic mass is 16.6. The Balaban J connectivity index is 3.68. The summed E-state index contributed by atoms with van der Waals surface area (Å²) < 4.78 is 0. The van der Waals surface area contributed by atoms with Crippen LogP contribution in [0, 0.1) is 10.1 Å². The fourth-order valence-corrected chi connectivity index (χ4v) is 2.73. The molecule has 0 radical (unpaired) electrons. The normalized spacial score (nSPS) is 12.5. The monoisotopic (exact) mass is 341 g/mol. The Labute approximate surface area is 146 Å². The topological polar surface area (TPSA) is 80.4 Å². The molecule has 1 unspecified atom stereocenters. The zero-order valence-corrected chi connectivity index (χ0v) is 15.3. The Kier molecular flexibility index (Phi) is 15.5. The molecule has 5 nitrogen and oxygen atoms in total. The SMILES string of the molecule is CCCCCCCCC/C=C/C(CCCCCCC(=O)O)[N+](=O)[O-]. The Bertz CT molecular complexity index is 355. The zero-order valence-electron chi connectivity index (χ0n) is 15.3. The molecule has 0 aromatic rings. The number of rotatable bonds is 17. The molecule has 0 bridgehead atoms. The van der Waals surface area contributed by atoms with Crippen LogP contribution in [0.4, 0.5) is 0 Å². The summed E-state index contributed by atoms with van der Waals surface area (Å²) in [7, 11) is 0. The zero-order chi connectivity index (χ0) is 18.0. The van der Waals surface area contributed by atoms with Crippen LogP contribution in [0.5, 0.6) is 0 Å². The predicted octanol–water partition coefficient (Wildman–Crippen LogP) is 5.75. The standard InChI is InChI=1S/C19H35NO4/c1-2-3-4-5-6-7-8-9-12-15-18(20(23)24)16-13-10-11-14-17-19(21)22/h12,15,18H,2-11,13-14,16-17H2,1H3,(H,21,22)/b15-12+. The summed E-state index contributed by atoms with van der Waals surface area (Å²) in [5.74, 6) is -0.772. The van der Waals surface area contributed by atoms with Crippen molar-refractivity contribution >= 4 is 5.97 Å². The average Bonchev–Trinajstić information content (AvgIpc) is 2.53. The molecule has 0 aromatic heterocycles. The second-order valence-corrected chi connectivity index (χ2v) is 6.54. The van der Waals surface area contributed by atoms with Crippen molar-refractivity contribution in [2.75, 3.05) is 0 Å². The predicted molar refractivity (Wildman–Crippen MR) is 97.9 cm³/mol. The van der Waals surface area contributed by atoms with E-state index in [1.165, 1.54) is 38.5 Å². The van der Waals surface area contributed by atoms with Gasteiger partial charge in [0.25, 0.3) is 0 Å². The molecule has 1 atom stereocenters. The van der Waals surface area contributed by atoms with Gasteiger partial charge in [0.05, 0.1) is 0 Å². The third-order valence-corrected chi connectivity index (χ3v) is 4.24. The highest BCUT2D eigenvalue weighted by molar-refractivity contribution is 5.66. The van der Waals surface area contributed by atoms with Gasteiger partial charge >= 0.3 is 5.97 Å². The lowest BCUT2D eigenvalue weighted by Gasteiger charge is -2.05. The van der Waals surface area contributed by atoms with Gasteiger partial charge in [-0.3, -0.25) is 14.9 Å². The summed E-state index contributed by atoms with van der Waals surface area (Å²) in [6, 6.07) is -0.589. The molecule has 0 spiro atoms. The maximum Gasteiger partial charge on any atom is 0.303 e. The largest absolute Gasteiger partial charge is 0.481 e. The molecule has 0 aliphatic rings. The van der Waals surface area contributed by atoms with Crippen LogP contribution in [0.3, 0.4) is 0 Å². The summed E-state index contributed by atoms with van der Waals surface area (Å²) in [5.41, 5.74) is 0. The molecule has 24 heavy (non-hydrogen) atoms. The van der Waals surface area contributed by atoms with Crippen LogP contribution < -0.4 is 0 Å². The lowest BCUT2D eigenvalue weighted by molar-refractivity contribution is -0.510. The van der Waals surface area contributed by atoms with Gasteiger partial charge in [0.15, 0.2) is 0 Å². The molecule has 140 valence electrons. The van der Waals surface area contributed by atoms with Crippen molar-refractivity contribution < 1.29 is 14.8 Å². The maximum absolute atomic E-state index is 11.1. The van der Waals surface area contributed by atoms with Crippen LogP contribution in [0.25, 0.3) is 0 Å². The lowest BCUT2D eigenvalue weighted by Crippen LogP contribution is -2.16. The van der Waals surface area contributed by atoms with Crippen LogP contribution in [-0.2, 0) is 4.79 Å². The van der Waals surface area contributed by atoms with Crippen molar-refractivity contribution in [3.05, 3.63) is 22.3 Å². The molecule has 0 fully saturated rings. The number of nitro groups is 1. The van der Waals surface area contributed by atoms with E-state index in [-0.39, 0.29) is 11.3 Å². The fraction of sp³-hybridized carbons (Fsp3) is 0.842. The quantitative estimate of drug-likeness (QED) is 0.158. The molecule has 0 aliphatic heterocycles. The van der Waals surface area contributed by atoms with E-state index in [4.69, 9.17) is 5.11 Å². The molecule has 1 N–H and O–H groups in total. The van der Waals surface area contributed by atoms with Crippen molar-refractivity contribution in [1.82, 2.24) is 0 Å². The molecule has 5 heteroatoms. The van der Waals surface area contributed by atoms with Crippen LogP contribution in [0.2, 0.25) is 0 Å². The number of hydrogen-bond donors (Lipinski definition) is 1. The first-order valence-corrected chi connectivity index (χ1v) is 9.59. The van der Waals surface area contributed by atoms with Crippen LogP contribution in [0.1, 0.15) is 96.8 Å². The van der Waals surface area contributed by atoms with E-state index in [0.29, 0.717) is 12.8 Å². The molecule has 0 saturated heterocycles. The lowest BCUT2D eigenvalue weighted by atomic mass is 10.0. The summed E-state index contributed by atoms with van der Waals surface area (Å²) in [6.07, 6.45) is 17.3. The van der Waals surface area contributed by atoms with E-state index in [2.05, 4.69) is 6.92 Å². The minimum atomic E-state index is -0.772. The molecule has 0 aliphatic carbocycles. The minimum absolute atomic E-state index is 0.191. The first kappa shape index (κ1) is 22.6. The molecular formula is C19H35NO4. The third kappa shape index (κ3) is 15.5. The Hall–Kier alpha value is -1.39. The molecule has 0 amide bonds. The Morgan fingerprint density at radius 3 is 2.21 bits per heavy atom. The van der Waals surface area contributed by atoms with E-state index in [9.17, 15) is 14.9 Å². The maximum atomic E-state index is 11.1. The number of carbonyl (C=O) groups is 1. The summed E-state index contributed by atoms with van der Waals surface area (Å²) in [6.45, 7) is 2.21. The van der Waals surface area contributed by atoms with Gasteiger partial charge < -0.3 is 5.11 Å². The number of aliphatic carboxylic acids is 1. The molecule has 0 heterocycles. The fourth-order valence-electron chi connectivity index (χ4n) is 2.73. The minimum Gasteiger partial charge on any atom is -0.481 e. The highest BCUT2D eigenvalue weighted by Gasteiger charge is 2.14. The Morgan fingerprint density at radius 2 is 1.58 bits per heavy atom. The number of carboxylic acid groups (broad SMARTS) is 1. The Morgan fingerprint density at radius 1 is 1.00 bits per heavy atom. The van der Waals surface area contributed by atoms with Crippen LogP contribution in [-0.4, -0.2) is 22.0 Å². The van der Waals surface area contributed by atoms with E-state index in [1.807, 2.05) is 6.08 Å². The summed E-state index contributed by atoms with van der Waals surface area (Å²) in [5, 5.41) is 19.6. The van der Waals surface area contributed by atoms with Crippen molar-refractivity contribution in [2.24, 2.45) is 0 Å². The number of hydrogen-bond acceptors (Lipinski definition) is 3. The third-order valence-electron chi connectivity index (χ3n) is 4.24. The first-order valence-electron chi connectivity index (χ1n) is 9.59. The number of carboxylic acids is 1. The first-order chi connectivity index (χ1) is 11.6. The summed E-state index contributed by atoms with van der Waals surface area (Å²) >= 11 is 0.